The van der Waals surface area contributed by atoms with Crippen LogP contribution in [0.3, 0.4) is 0 Å². The first-order valence-corrected chi connectivity index (χ1v) is 11.4. The molecule has 0 bridgehead atoms. The normalized spacial score (nSPS) is 19.7. The zero-order valence-electron chi connectivity index (χ0n) is 19.1. The lowest BCUT2D eigenvalue weighted by atomic mass is 9.95. The van der Waals surface area contributed by atoms with Gasteiger partial charge < -0.3 is 19.7 Å². The Morgan fingerprint density at radius 1 is 1.11 bits per heavy atom. The summed E-state index contributed by atoms with van der Waals surface area (Å²) < 4.78 is 63.0. The van der Waals surface area contributed by atoms with Gasteiger partial charge in [0.2, 0.25) is 11.8 Å². The smallest absolute Gasteiger partial charge is 0.387 e. The van der Waals surface area contributed by atoms with Crippen molar-refractivity contribution < 1.29 is 36.6 Å². The van der Waals surface area contributed by atoms with E-state index in [0.717, 1.165) is 30.5 Å². The van der Waals surface area contributed by atoms with E-state index in [-0.39, 0.29) is 48.4 Å². The highest BCUT2D eigenvalue weighted by atomic mass is 19.3. The van der Waals surface area contributed by atoms with E-state index in [1.807, 2.05) is 0 Å². The molecular weight excluding hydrogens is 468 g/mol. The zero-order chi connectivity index (χ0) is 25.1. The molecule has 4 rings (SSSR count). The van der Waals surface area contributed by atoms with Crippen molar-refractivity contribution in [3.8, 4) is 11.5 Å². The molecule has 1 N–H and O–H groups in total. The molecule has 1 aliphatic carbocycles. The highest BCUT2D eigenvalue weighted by molar-refractivity contribution is 5.87. The Kier molecular flexibility index (Phi) is 7.47. The summed E-state index contributed by atoms with van der Waals surface area (Å²) in [5.74, 6) is -1.98. The number of halogens is 4. The van der Waals surface area contributed by atoms with E-state index in [1.165, 1.54) is 24.0 Å². The molecule has 1 saturated carbocycles. The quantitative estimate of drug-likeness (QED) is 0.526. The number of nitrogens with zero attached hydrogens (tertiary/aromatic N) is 1. The van der Waals surface area contributed by atoms with Crippen molar-refractivity contribution in [3.63, 3.8) is 0 Å². The van der Waals surface area contributed by atoms with Crippen LogP contribution in [-0.4, -0.2) is 42.5 Å². The second-order valence-corrected chi connectivity index (χ2v) is 8.91. The Labute approximate surface area is 200 Å². The Morgan fingerprint density at radius 2 is 1.89 bits per heavy atom. The molecule has 2 amide bonds. The number of amides is 2. The van der Waals surface area contributed by atoms with E-state index >= 15 is 0 Å². The van der Waals surface area contributed by atoms with Crippen molar-refractivity contribution in [1.82, 2.24) is 10.2 Å². The largest absolute Gasteiger partial charge is 0.489 e. The van der Waals surface area contributed by atoms with Crippen LogP contribution in [0, 0.1) is 17.6 Å². The van der Waals surface area contributed by atoms with E-state index in [0.29, 0.717) is 12.5 Å². The molecule has 2 aliphatic rings. The molecule has 6 nitrogen and oxygen atoms in total. The van der Waals surface area contributed by atoms with Gasteiger partial charge in [0.15, 0.2) is 11.5 Å². The van der Waals surface area contributed by atoms with Gasteiger partial charge in [0.05, 0.1) is 6.61 Å². The Bertz CT molecular complexity index is 1090. The lowest BCUT2D eigenvalue weighted by Crippen LogP contribution is -2.45. The summed E-state index contributed by atoms with van der Waals surface area (Å²) >= 11 is 0. The number of rotatable bonds is 9. The lowest BCUT2D eigenvalue weighted by Gasteiger charge is -2.22. The Balaban J connectivity index is 1.47. The fraction of sp³-hybridized carbons (Fsp3) is 0.440. The SMILES string of the molecule is CC(=O)N1CC(c2ccc(OC(F)F)c(OCC3CC3)c2)C[C@H]1C(=O)NCc1ccc(F)cc1F. The minimum Gasteiger partial charge on any atom is -0.489 e. The van der Waals surface area contributed by atoms with Crippen molar-refractivity contribution in [2.75, 3.05) is 13.2 Å². The third-order valence-corrected chi connectivity index (χ3v) is 6.30. The third kappa shape index (κ3) is 6.23. The van der Waals surface area contributed by atoms with Gasteiger partial charge in [0, 0.05) is 37.6 Å². The number of benzene rings is 2. The predicted octanol–water partition coefficient (Wildman–Crippen LogP) is 4.38. The number of likely N-dealkylation sites (tertiary alicyclic amines) is 1. The summed E-state index contributed by atoms with van der Waals surface area (Å²) in [4.78, 5) is 26.6. The molecule has 2 atom stereocenters. The van der Waals surface area contributed by atoms with Crippen LogP contribution in [0.4, 0.5) is 17.6 Å². The first-order valence-electron chi connectivity index (χ1n) is 11.4. The van der Waals surface area contributed by atoms with Crippen molar-refractivity contribution in [3.05, 3.63) is 59.2 Å². The van der Waals surface area contributed by atoms with Gasteiger partial charge in [-0.3, -0.25) is 9.59 Å². The fourth-order valence-corrected chi connectivity index (χ4v) is 4.22. The van der Waals surface area contributed by atoms with Gasteiger partial charge in [-0.1, -0.05) is 12.1 Å². The second kappa shape index (κ2) is 10.5. The molecule has 2 aromatic rings. The van der Waals surface area contributed by atoms with Gasteiger partial charge in [-0.15, -0.1) is 0 Å². The van der Waals surface area contributed by atoms with Crippen LogP contribution in [-0.2, 0) is 16.1 Å². The van der Waals surface area contributed by atoms with Crippen LogP contribution in [0.1, 0.15) is 43.2 Å². The summed E-state index contributed by atoms with van der Waals surface area (Å²) in [6.07, 6.45) is 2.34. The number of carbonyl (C=O) groups is 2. The molecular formula is C25H26F4N2O4. The summed E-state index contributed by atoms with van der Waals surface area (Å²) in [5, 5.41) is 2.62. The van der Waals surface area contributed by atoms with Crippen LogP contribution in [0.25, 0.3) is 0 Å². The van der Waals surface area contributed by atoms with Crippen LogP contribution >= 0.6 is 0 Å². The number of ether oxygens (including phenoxy) is 2. The zero-order valence-corrected chi connectivity index (χ0v) is 19.1. The van der Waals surface area contributed by atoms with Gasteiger partial charge in [-0.25, -0.2) is 8.78 Å². The minimum absolute atomic E-state index is 0.0681. The number of hydrogen-bond donors (Lipinski definition) is 1. The molecule has 1 unspecified atom stereocenters. The van der Waals surface area contributed by atoms with Crippen molar-refractivity contribution in [2.45, 2.75) is 51.3 Å². The topological polar surface area (TPSA) is 67.9 Å². The summed E-state index contributed by atoms with van der Waals surface area (Å²) in [7, 11) is 0. The van der Waals surface area contributed by atoms with E-state index in [9.17, 15) is 27.2 Å². The van der Waals surface area contributed by atoms with Gasteiger partial charge in [0.1, 0.15) is 17.7 Å². The molecule has 1 saturated heterocycles. The average Bonchev–Trinajstić information content (AvgIpc) is 3.52. The number of hydrogen-bond acceptors (Lipinski definition) is 4. The third-order valence-electron chi connectivity index (χ3n) is 6.30. The van der Waals surface area contributed by atoms with Crippen LogP contribution in [0.15, 0.2) is 36.4 Å². The van der Waals surface area contributed by atoms with Crippen molar-refractivity contribution >= 4 is 11.8 Å². The summed E-state index contributed by atoms with van der Waals surface area (Å²) in [5.41, 5.74) is 0.847. The molecule has 35 heavy (non-hydrogen) atoms. The molecule has 188 valence electrons. The van der Waals surface area contributed by atoms with E-state index in [2.05, 4.69) is 10.1 Å². The molecule has 10 heteroatoms. The molecule has 0 spiro atoms. The number of nitrogens with one attached hydrogen (secondary N) is 1. The fourth-order valence-electron chi connectivity index (χ4n) is 4.22. The van der Waals surface area contributed by atoms with Gasteiger partial charge >= 0.3 is 6.61 Å². The lowest BCUT2D eigenvalue weighted by molar-refractivity contribution is -0.136. The first kappa shape index (κ1) is 24.8. The molecule has 2 fully saturated rings. The molecule has 1 aliphatic heterocycles. The van der Waals surface area contributed by atoms with Gasteiger partial charge in [-0.2, -0.15) is 8.78 Å². The van der Waals surface area contributed by atoms with E-state index in [1.54, 1.807) is 12.1 Å². The molecule has 2 aromatic carbocycles. The van der Waals surface area contributed by atoms with E-state index in [4.69, 9.17) is 4.74 Å². The highest BCUT2D eigenvalue weighted by Gasteiger charge is 2.39. The summed E-state index contributed by atoms with van der Waals surface area (Å²) in [6, 6.07) is 6.94. The van der Waals surface area contributed by atoms with Gasteiger partial charge in [0.25, 0.3) is 0 Å². The monoisotopic (exact) mass is 494 g/mol. The Morgan fingerprint density at radius 3 is 2.54 bits per heavy atom. The number of alkyl halides is 2. The standard InChI is InChI=1S/C25H26F4N2O4/c1-14(32)31-12-18(8-21(31)24(33)30-11-17-4-6-19(26)10-20(17)27)16-5-7-22(35-25(28)29)23(9-16)34-13-15-2-3-15/h4-7,9-10,15,18,21,25H,2-3,8,11-13H2,1H3,(H,30,33)/t18?,21-/m0/s1. The molecule has 0 radical (unpaired) electrons. The van der Waals surface area contributed by atoms with Crippen LogP contribution in [0.5, 0.6) is 11.5 Å². The average molecular weight is 494 g/mol. The van der Waals surface area contributed by atoms with Crippen LogP contribution < -0.4 is 14.8 Å². The van der Waals surface area contributed by atoms with Crippen molar-refractivity contribution in [1.29, 1.82) is 0 Å². The van der Waals surface area contributed by atoms with Gasteiger partial charge in [-0.05, 0) is 48.9 Å². The van der Waals surface area contributed by atoms with Crippen LogP contribution in [0.2, 0.25) is 0 Å². The Hall–Kier alpha value is -3.30. The van der Waals surface area contributed by atoms with Crippen molar-refractivity contribution in [2.24, 2.45) is 5.92 Å². The summed E-state index contributed by atoms with van der Waals surface area (Å²) in [6.45, 7) is -1.15. The van der Waals surface area contributed by atoms with E-state index < -0.39 is 30.2 Å². The maximum absolute atomic E-state index is 13.9. The highest BCUT2D eigenvalue weighted by Crippen LogP contribution is 2.39. The molecule has 0 aromatic heterocycles. The second-order valence-electron chi connectivity index (χ2n) is 8.91. The first-order chi connectivity index (χ1) is 16.7. The minimum atomic E-state index is -3.00. The maximum atomic E-state index is 13.9. The predicted molar refractivity (Wildman–Crippen MR) is 118 cm³/mol. The number of carbonyl (C=O) groups excluding carboxylic acids is 2. The maximum Gasteiger partial charge on any atom is 0.387 e. The molecule has 1 heterocycles.